The van der Waals surface area contributed by atoms with Crippen LogP contribution in [0.4, 0.5) is 4.39 Å². The first-order valence-corrected chi connectivity index (χ1v) is 6.15. The molecule has 1 aromatic heterocycles. The van der Waals surface area contributed by atoms with Gasteiger partial charge in [0.1, 0.15) is 5.82 Å². The van der Waals surface area contributed by atoms with E-state index in [0.717, 1.165) is 0 Å². The van der Waals surface area contributed by atoms with Gasteiger partial charge in [-0.2, -0.15) is 10.2 Å². The van der Waals surface area contributed by atoms with Crippen LogP contribution in [-0.2, 0) is 0 Å². The zero-order chi connectivity index (χ0) is 13.8. The van der Waals surface area contributed by atoms with E-state index in [0.29, 0.717) is 30.1 Å². The first-order chi connectivity index (χ1) is 9.11. The van der Waals surface area contributed by atoms with Gasteiger partial charge in [-0.1, -0.05) is 23.7 Å². The second-order valence-electron chi connectivity index (χ2n) is 4.18. The Bertz CT molecular complexity index is 621. The fourth-order valence-corrected chi connectivity index (χ4v) is 1.77. The molecule has 0 radical (unpaired) electrons. The zero-order valence-corrected chi connectivity index (χ0v) is 11.0. The van der Waals surface area contributed by atoms with Gasteiger partial charge in [0.2, 0.25) is 11.7 Å². The average molecular weight is 280 g/mol. The molecule has 1 atom stereocenters. The van der Waals surface area contributed by atoms with Crippen molar-refractivity contribution in [2.75, 3.05) is 0 Å². The van der Waals surface area contributed by atoms with Gasteiger partial charge in [-0.25, -0.2) is 4.39 Å². The Kier molecular flexibility index (Phi) is 4.13. The standard InChI is InChI=1S/C13H11ClFN3O/c1-8(3-2-6-16)13-17-12(18-19-13)9-4-5-11(15)10(14)7-9/h4-5,7-8H,2-3H2,1H3. The minimum absolute atomic E-state index is 0.0109. The lowest BCUT2D eigenvalue weighted by molar-refractivity contribution is 0.355. The summed E-state index contributed by atoms with van der Waals surface area (Å²) in [5, 5.41) is 12.4. The van der Waals surface area contributed by atoms with Crippen LogP contribution in [0.3, 0.4) is 0 Å². The number of nitriles is 1. The van der Waals surface area contributed by atoms with Crippen LogP contribution in [0.25, 0.3) is 11.4 Å². The number of nitrogens with zero attached hydrogens (tertiary/aromatic N) is 3. The third kappa shape index (κ3) is 3.09. The van der Waals surface area contributed by atoms with E-state index in [4.69, 9.17) is 21.4 Å². The van der Waals surface area contributed by atoms with Crippen LogP contribution in [0.15, 0.2) is 22.7 Å². The predicted octanol–water partition coefficient (Wildman–Crippen LogP) is 3.94. The summed E-state index contributed by atoms with van der Waals surface area (Å²) in [6.07, 6.45) is 1.09. The van der Waals surface area contributed by atoms with Crippen molar-refractivity contribution in [1.82, 2.24) is 10.1 Å². The Labute approximate surface area is 114 Å². The van der Waals surface area contributed by atoms with Gasteiger partial charge in [0.25, 0.3) is 0 Å². The van der Waals surface area contributed by atoms with Crippen LogP contribution in [0.2, 0.25) is 5.02 Å². The van der Waals surface area contributed by atoms with Gasteiger partial charge in [0.05, 0.1) is 11.1 Å². The highest BCUT2D eigenvalue weighted by Gasteiger charge is 2.15. The van der Waals surface area contributed by atoms with Gasteiger partial charge in [0.15, 0.2) is 0 Å². The third-order valence-corrected chi connectivity index (χ3v) is 3.02. The monoisotopic (exact) mass is 279 g/mol. The molecule has 0 N–H and O–H groups in total. The number of hydrogen-bond acceptors (Lipinski definition) is 4. The molecule has 2 aromatic rings. The van der Waals surface area contributed by atoms with Crippen LogP contribution in [-0.4, -0.2) is 10.1 Å². The van der Waals surface area contributed by atoms with Gasteiger partial charge in [-0.15, -0.1) is 0 Å². The third-order valence-electron chi connectivity index (χ3n) is 2.73. The van der Waals surface area contributed by atoms with Gasteiger partial charge in [0, 0.05) is 17.9 Å². The smallest absolute Gasteiger partial charge is 0.229 e. The minimum Gasteiger partial charge on any atom is -0.339 e. The molecule has 0 fully saturated rings. The first-order valence-electron chi connectivity index (χ1n) is 5.77. The van der Waals surface area contributed by atoms with Crippen molar-refractivity contribution in [2.24, 2.45) is 0 Å². The molecule has 0 aliphatic rings. The molecular formula is C13H11ClFN3O. The lowest BCUT2D eigenvalue weighted by Crippen LogP contribution is -1.93. The minimum atomic E-state index is -0.489. The van der Waals surface area contributed by atoms with E-state index in [2.05, 4.69) is 16.2 Å². The maximum absolute atomic E-state index is 13.1. The summed E-state index contributed by atoms with van der Waals surface area (Å²) in [6.45, 7) is 1.91. The van der Waals surface area contributed by atoms with E-state index < -0.39 is 5.82 Å². The Hall–Kier alpha value is -1.93. The van der Waals surface area contributed by atoms with E-state index in [9.17, 15) is 4.39 Å². The SMILES string of the molecule is CC(CCC#N)c1nc(-c2ccc(F)c(Cl)c2)no1. The number of rotatable bonds is 4. The van der Waals surface area contributed by atoms with Gasteiger partial charge < -0.3 is 4.52 Å². The van der Waals surface area contributed by atoms with Crippen LogP contribution >= 0.6 is 11.6 Å². The molecule has 1 aromatic carbocycles. The predicted molar refractivity (Wildman–Crippen MR) is 68.0 cm³/mol. The molecule has 0 amide bonds. The Morgan fingerprint density at radius 2 is 2.32 bits per heavy atom. The Morgan fingerprint density at radius 1 is 1.53 bits per heavy atom. The van der Waals surface area contributed by atoms with E-state index in [1.165, 1.54) is 18.2 Å². The van der Waals surface area contributed by atoms with Crippen LogP contribution in [0.5, 0.6) is 0 Å². The highest BCUT2D eigenvalue weighted by Crippen LogP contribution is 2.25. The number of aromatic nitrogens is 2. The quantitative estimate of drug-likeness (QED) is 0.850. The van der Waals surface area contributed by atoms with Crippen molar-refractivity contribution in [2.45, 2.75) is 25.7 Å². The molecule has 4 nitrogen and oxygen atoms in total. The molecule has 1 heterocycles. The number of benzene rings is 1. The summed E-state index contributed by atoms with van der Waals surface area (Å²) in [4.78, 5) is 4.24. The molecule has 1 unspecified atom stereocenters. The number of hydrogen-bond donors (Lipinski definition) is 0. The summed E-state index contributed by atoms with van der Waals surface area (Å²) in [7, 11) is 0. The molecule has 0 saturated carbocycles. The Balaban J connectivity index is 2.21. The van der Waals surface area contributed by atoms with Crippen molar-refractivity contribution >= 4 is 11.6 Å². The molecular weight excluding hydrogens is 269 g/mol. The Morgan fingerprint density at radius 3 is 3.00 bits per heavy atom. The molecule has 98 valence electrons. The highest BCUT2D eigenvalue weighted by atomic mass is 35.5. The summed E-state index contributed by atoms with van der Waals surface area (Å²) < 4.78 is 18.2. The van der Waals surface area contributed by atoms with Crippen molar-refractivity contribution in [3.8, 4) is 17.5 Å². The normalized spacial score (nSPS) is 12.1. The highest BCUT2D eigenvalue weighted by molar-refractivity contribution is 6.31. The largest absolute Gasteiger partial charge is 0.339 e. The molecule has 0 aliphatic carbocycles. The van der Waals surface area contributed by atoms with Crippen molar-refractivity contribution in [1.29, 1.82) is 5.26 Å². The second-order valence-corrected chi connectivity index (χ2v) is 4.59. The molecule has 0 saturated heterocycles. The first kappa shape index (κ1) is 13.5. The fraction of sp³-hybridized carbons (Fsp3) is 0.308. The van der Waals surface area contributed by atoms with Gasteiger partial charge in [-0.3, -0.25) is 0 Å². The number of halogens is 2. The van der Waals surface area contributed by atoms with Gasteiger partial charge >= 0.3 is 0 Å². The van der Waals surface area contributed by atoms with E-state index in [-0.39, 0.29) is 10.9 Å². The average Bonchev–Trinajstić information content (AvgIpc) is 2.89. The second kappa shape index (κ2) is 5.81. The fourth-order valence-electron chi connectivity index (χ4n) is 1.59. The summed E-state index contributed by atoms with van der Waals surface area (Å²) in [5.74, 6) is 0.347. The molecule has 0 aliphatic heterocycles. The lowest BCUT2D eigenvalue weighted by atomic mass is 10.1. The summed E-state index contributed by atoms with van der Waals surface area (Å²) in [6, 6.07) is 6.32. The lowest BCUT2D eigenvalue weighted by Gasteiger charge is -2.01. The summed E-state index contributed by atoms with van der Waals surface area (Å²) in [5.41, 5.74) is 0.592. The topological polar surface area (TPSA) is 62.7 Å². The molecule has 19 heavy (non-hydrogen) atoms. The van der Waals surface area contributed by atoms with Crippen molar-refractivity contribution in [3.63, 3.8) is 0 Å². The van der Waals surface area contributed by atoms with Gasteiger partial charge in [-0.05, 0) is 24.6 Å². The maximum Gasteiger partial charge on any atom is 0.229 e. The molecule has 2 rings (SSSR count). The van der Waals surface area contributed by atoms with Crippen LogP contribution in [0, 0.1) is 17.1 Å². The van der Waals surface area contributed by atoms with Crippen LogP contribution in [0.1, 0.15) is 31.6 Å². The van der Waals surface area contributed by atoms with E-state index in [1.54, 1.807) is 0 Å². The van der Waals surface area contributed by atoms with E-state index in [1.807, 2.05) is 6.92 Å². The summed E-state index contributed by atoms with van der Waals surface area (Å²) >= 11 is 5.70. The molecule has 0 spiro atoms. The van der Waals surface area contributed by atoms with Crippen molar-refractivity contribution in [3.05, 3.63) is 34.9 Å². The zero-order valence-electron chi connectivity index (χ0n) is 10.2. The van der Waals surface area contributed by atoms with Crippen LogP contribution < -0.4 is 0 Å². The maximum atomic E-state index is 13.1. The molecule has 0 bridgehead atoms. The van der Waals surface area contributed by atoms with E-state index >= 15 is 0 Å². The van der Waals surface area contributed by atoms with Crippen molar-refractivity contribution < 1.29 is 8.91 Å². The molecule has 6 heteroatoms.